The Kier molecular flexibility index (Phi) is 4.68. The Morgan fingerprint density at radius 2 is 1.95 bits per heavy atom. The predicted molar refractivity (Wildman–Crippen MR) is 78.1 cm³/mol. The van der Waals surface area contributed by atoms with Gasteiger partial charge in [-0.1, -0.05) is 44.9 Å². The number of hydrogen-bond acceptors (Lipinski definition) is 4. The summed E-state index contributed by atoms with van der Waals surface area (Å²) in [5.74, 6) is 0.341. The summed E-state index contributed by atoms with van der Waals surface area (Å²) in [4.78, 5) is 0. The third kappa shape index (κ3) is 3.20. The van der Waals surface area contributed by atoms with E-state index in [1.54, 1.807) is 6.20 Å². The second-order valence-corrected chi connectivity index (χ2v) is 4.80. The number of anilines is 1. The summed E-state index contributed by atoms with van der Waals surface area (Å²) >= 11 is 0. The van der Waals surface area contributed by atoms with Gasteiger partial charge in [-0.3, -0.25) is 0 Å². The van der Waals surface area contributed by atoms with E-state index in [1.807, 2.05) is 24.3 Å². The number of aliphatic hydroxyl groups is 1. The summed E-state index contributed by atoms with van der Waals surface area (Å²) < 4.78 is 0. The normalized spacial score (nSPS) is 12.8. The molecule has 19 heavy (non-hydrogen) atoms. The molecule has 1 heterocycles. The van der Waals surface area contributed by atoms with Crippen LogP contribution in [0.4, 0.5) is 5.69 Å². The second kappa shape index (κ2) is 6.48. The summed E-state index contributed by atoms with van der Waals surface area (Å²) in [6.45, 7) is 4.77. The lowest BCUT2D eigenvalue weighted by atomic mass is 9.96. The molecule has 0 aliphatic rings. The van der Waals surface area contributed by atoms with Crippen molar-refractivity contribution in [2.75, 3.05) is 11.9 Å². The Bertz CT molecular complexity index is 520. The lowest BCUT2D eigenvalue weighted by Crippen LogP contribution is -2.27. The van der Waals surface area contributed by atoms with E-state index >= 15 is 0 Å². The van der Waals surface area contributed by atoms with Gasteiger partial charge in [0.15, 0.2) is 0 Å². The molecular formula is C15H21N3O. The minimum Gasteiger partial charge on any atom is -0.391 e. The van der Waals surface area contributed by atoms with Crippen LogP contribution < -0.4 is 5.32 Å². The SMILES string of the molecule is CCC(CC)C(O)CNc1cnnc2ccccc12. The zero-order valence-corrected chi connectivity index (χ0v) is 11.5. The molecule has 0 bridgehead atoms. The lowest BCUT2D eigenvalue weighted by Gasteiger charge is -2.21. The van der Waals surface area contributed by atoms with Gasteiger partial charge in [-0.25, -0.2) is 0 Å². The fourth-order valence-electron chi connectivity index (χ4n) is 2.36. The van der Waals surface area contributed by atoms with Crippen molar-refractivity contribution in [3.63, 3.8) is 0 Å². The number of nitrogens with one attached hydrogen (secondary N) is 1. The van der Waals surface area contributed by atoms with Crippen LogP contribution in [0.5, 0.6) is 0 Å². The van der Waals surface area contributed by atoms with Crippen LogP contribution in [-0.2, 0) is 0 Å². The van der Waals surface area contributed by atoms with Crippen molar-refractivity contribution in [3.05, 3.63) is 30.5 Å². The van der Waals surface area contributed by atoms with E-state index < -0.39 is 0 Å². The molecule has 0 saturated heterocycles. The zero-order valence-electron chi connectivity index (χ0n) is 11.5. The first-order chi connectivity index (χ1) is 9.26. The minimum atomic E-state index is -0.332. The number of rotatable bonds is 6. The molecule has 1 aromatic heterocycles. The highest BCUT2D eigenvalue weighted by Gasteiger charge is 2.15. The molecule has 0 radical (unpaired) electrons. The number of benzene rings is 1. The smallest absolute Gasteiger partial charge is 0.0950 e. The van der Waals surface area contributed by atoms with Crippen molar-refractivity contribution in [3.8, 4) is 0 Å². The molecule has 2 N–H and O–H groups in total. The molecule has 0 saturated carbocycles. The van der Waals surface area contributed by atoms with E-state index in [1.165, 1.54) is 0 Å². The molecule has 0 spiro atoms. The van der Waals surface area contributed by atoms with Crippen LogP contribution in [0, 0.1) is 5.92 Å². The molecule has 4 heteroatoms. The van der Waals surface area contributed by atoms with Gasteiger partial charge in [0.1, 0.15) is 0 Å². The Balaban J connectivity index is 2.09. The molecule has 0 aliphatic carbocycles. The molecule has 2 rings (SSSR count). The van der Waals surface area contributed by atoms with E-state index in [9.17, 15) is 5.11 Å². The minimum absolute atomic E-state index is 0.332. The highest BCUT2D eigenvalue weighted by atomic mass is 16.3. The van der Waals surface area contributed by atoms with Gasteiger partial charge in [-0.15, -0.1) is 0 Å². The summed E-state index contributed by atoms with van der Waals surface area (Å²) in [5.41, 5.74) is 1.79. The zero-order chi connectivity index (χ0) is 13.7. The number of aromatic nitrogens is 2. The van der Waals surface area contributed by atoms with Crippen LogP contribution in [0.1, 0.15) is 26.7 Å². The molecular weight excluding hydrogens is 238 g/mol. The van der Waals surface area contributed by atoms with Gasteiger partial charge in [0.25, 0.3) is 0 Å². The van der Waals surface area contributed by atoms with Crippen molar-refractivity contribution < 1.29 is 5.11 Å². The quantitative estimate of drug-likeness (QED) is 0.837. The van der Waals surface area contributed by atoms with Crippen LogP contribution >= 0.6 is 0 Å². The van der Waals surface area contributed by atoms with Crippen molar-refractivity contribution in [1.82, 2.24) is 10.2 Å². The van der Waals surface area contributed by atoms with Crippen molar-refractivity contribution in [2.45, 2.75) is 32.8 Å². The van der Waals surface area contributed by atoms with Gasteiger partial charge in [0.2, 0.25) is 0 Å². The van der Waals surface area contributed by atoms with Gasteiger partial charge in [0.05, 0.1) is 23.5 Å². The van der Waals surface area contributed by atoms with Crippen LogP contribution in [0.15, 0.2) is 30.5 Å². The van der Waals surface area contributed by atoms with E-state index in [0.29, 0.717) is 12.5 Å². The molecule has 1 unspecified atom stereocenters. The fraction of sp³-hybridized carbons (Fsp3) is 0.467. The monoisotopic (exact) mass is 259 g/mol. The predicted octanol–water partition coefficient (Wildman–Crippen LogP) is 2.84. The van der Waals surface area contributed by atoms with Gasteiger partial charge >= 0.3 is 0 Å². The van der Waals surface area contributed by atoms with Gasteiger partial charge < -0.3 is 10.4 Å². The van der Waals surface area contributed by atoms with Gasteiger partial charge in [-0.05, 0) is 12.0 Å². The maximum atomic E-state index is 10.1. The molecule has 0 amide bonds. The van der Waals surface area contributed by atoms with Crippen molar-refractivity contribution >= 4 is 16.6 Å². The largest absolute Gasteiger partial charge is 0.391 e. The molecule has 1 aromatic carbocycles. The van der Waals surface area contributed by atoms with Crippen LogP contribution in [0.2, 0.25) is 0 Å². The summed E-state index contributed by atoms with van der Waals surface area (Å²) in [6.07, 6.45) is 3.37. The Morgan fingerprint density at radius 1 is 1.21 bits per heavy atom. The number of nitrogens with zero attached hydrogens (tertiary/aromatic N) is 2. The van der Waals surface area contributed by atoms with E-state index in [0.717, 1.165) is 29.4 Å². The average molecular weight is 259 g/mol. The first kappa shape index (κ1) is 13.7. The summed E-state index contributed by atoms with van der Waals surface area (Å²) in [5, 5.41) is 22.5. The molecule has 2 aromatic rings. The third-order valence-electron chi connectivity index (χ3n) is 3.64. The Labute approximate surface area is 113 Å². The van der Waals surface area contributed by atoms with Crippen LogP contribution in [-0.4, -0.2) is 28.0 Å². The Hall–Kier alpha value is -1.68. The number of fused-ring (bicyclic) bond motifs is 1. The van der Waals surface area contributed by atoms with Gasteiger partial charge in [0, 0.05) is 11.9 Å². The topological polar surface area (TPSA) is 58.0 Å². The fourth-order valence-corrected chi connectivity index (χ4v) is 2.36. The van der Waals surface area contributed by atoms with E-state index in [4.69, 9.17) is 0 Å². The first-order valence-electron chi connectivity index (χ1n) is 6.88. The standard InChI is InChI=1S/C15H21N3O/c1-3-11(4-2)15(19)10-16-14-9-17-18-13-8-6-5-7-12(13)14/h5-9,11,15,19H,3-4,10H2,1-2H3,(H,16,18). The Morgan fingerprint density at radius 3 is 2.68 bits per heavy atom. The molecule has 4 nitrogen and oxygen atoms in total. The lowest BCUT2D eigenvalue weighted by molar-refractivity contribution is 0.114. The highest BCUT2D eigenvalue weighted by molar-refractivity contribution is 5.90. The van der Waals surface area contributed by atoms with Crippen molar-refractivity contribution in [1.29, 1.82) is 0 Å². The van der Waals surface area contributed by atoms with Crippen LogP contribution in [0.25, 0.3) is 10.9 Å². The maximum Gasteiger partial charge on any atom is 0.0950 e. The van der Waals surface area contributed by atoms with E-state index in [2.05, 4.69) is 29.4 Å². The van der Waals surface area contributed by atoms with Crippen molar-refractivity contribution in [2.24, 2.45) is 5.92 Å². The number of hydrogen-bond donors (Lipinski definition) is 2. The van der Waals surface area contributed by atoms with E-state index in [-0.39, 0.29) is 6.10 Å². The van der Waals surface area contributed by atoms with Gasteiger partial charge in [-0.2, -0.15) is 10.2 Å². The molecule has 102 valence electrons. The average Bonchev–Trinajstić information content (AvgIpc) is 2.46. The summed E-state index contributed by atoms with van der Waals surface area (Å²) in [7, 11) is 0. The maximum absolute atomic E-state index is 10.1. The molecule has 0 aliphatic heterocycles. The third-order valence-corrected chi connectivity index (χ3v) is 3.64. The second-order valence-electron chi connectivity index (χ2n) is 4.80. The summed E-state index contributed by atoms with van der Waals surface area (Å²) in [6, 6.07) is 7.87. The highest BCUT2D eigenvalue weighted by Crippen LogP contribution is 2.20. The number of aliphatic hydroxyl groups excluding tert-OH is 1. The molecule has 0 fully saturated rings. The molecule has 1 atom stereocenters. The first-order valence-corrected chi connectivity index (χ1v) is 6.88. The van der Waals surface area contributed by atoms with Crippen LogP contribution in [0.3, 0.4) is 0 Å².